The molecular weight excluding hydrogens is 288 g/mol. The third kappa shape index (κ3) is 2.47. The van der Waals surface area contributed by atoms with E-state index in [1.54, 1.807) is 0 Å². The number of fused-ring (bicyclic) bond motifs is 1. The van der Waals surface area contributed by atoms with Crippen LogP contribution in [0.25, 0.3) is 0 Å². The fraction of sp³-hybridized carbons (Fsp3) is 0.125. The van der Waals surface area contributed by atoms with E-state index in [0.29, 0.717) is 5.02 Å². The van der Waals surface area contributed by atoms with Crippen LogP contribution in [0.3, 0.4) is 0 Å². The van der Waals surface area contributed by atoms with Crippen LogP contribution in [0.4, 0.5) is 5.69 Å². The molecule has 0 amide bonds. The van der Waals surface area contributed by atoms with E-state index in [4.69, 9.17) is 28.8 Å². The Morgan fingerprint density at radius 2 is 1.90 bits per heavy atom. The minimum Gasteiger partial charge on any atom is -0.348 e. The summed E-state index contributed by atoms with van der Waals surface area (Å²) in [6.07, 6.45) is 0. The third-order valence-corrected chi connectivity index (χ3v) is 3.92. The van der Waals surface area contributed by atoms with Crippen molar-refractivity contribution in [2.45, 2.75) is 13.0 Å². The summed E-state index contributed by atoms with van der Waals surface area (Å²) in [7, 11) is 0. The van der Waals surface area contributed by atoms with Crippen molar-refractivity contribution in [1.82, 2.24) is 0 Å². The molecular formula is C16H13ClN2S. The maximum absolute atomic E-state index is 6.14. The Morgan fingerprint density at radius 3 is 2.65 bits per heavy atom. The fourth-order valence-electron chi connectivity index (χ4n) is 2.21. The Bertz CT molecular complexity index is 695. The lowest BCUT2D eigenvalue weighted by atomic mass is 10.0. The second-order valence-electron chi connectivity index (χ2n) is 4.70. The Labute approximate surface area is 128 Å². The fourth-order valence-corrected chi connectivity index (χ4v) is 2.54. The number of hydrogen-bond donors (Lipinski definition) is 1. The van der Waals surface area contributed by atoms with Gasteiger partial charge in [-0.25, -0.2) is 0 Å². The number of benzene rings is 2. The highest BCUT2D eigenvalue weighted by Gasteiger charge is 2.20. The first-order valence-electron chi connectivity index (χ1n) is 6.39. The molecule has 20 heavy (non-hydrogen) atoms. The molecule has 0 saturated carbocycles. The lowest BCUT2D eigenvalue weighted by molar-refractivity contribution is 0.991. The summed E-state index contributed by atoms with van der Waals surface area (Å²) in [4.78, 5) is 5.49. The van der Waals surface area contributed by atoms with Crippen LogP contribution in [0, 0.1) is 0 Å². The Balaban J connectivity index is 2.23. The lowest BCUT2D eigenvalue weighted by Gasteiger charge is -2.10. The van der Waals surface area contributed by atoms with E-state index in [0.717, 1.165) is 27.5 Å². The smallest absolute Gasteiger partial charge is 0.104 e. The van der Waals surface area contributed by atoms with Crippen LogP contribution in [-0.4, -0.2) is 16.7 Å². The molecule has 1 heterocycles. The first-order valence-corrected chi connectivity index (χ1v) is 7.18. The van der Waals surface area contributed by atoms with E-state index in [1.165, 1.54) is 0 Å². The van der Waals surface area contributed by atoms with Gasteiger partial charge in [-0.05, 0) is 25.1 Å². The minimum atomic E-state index is -0.0635. The predicted octanol–water partition coefficient (Wildman–Crippen LogP) is 4.32. The minimum absolute atomic E-state index is 0.0635. The summed E-state index contributed by atoms with van der Waals surface area (Å²) in [5.41, 5.74) is 3.92. The molecule has 0 fully saturated rings. The number of benzodiazepines with no additional fused rings is 1. The highest BCUT2D eigenvalue weighted by Crippen LogP contribution is 2.27. The standard InChI is InChI=1S/C16H13ClN2S/c1-10-16(20)19-14-8-7-12(17)9-13(14)15(18-10)11-5-3-2-4-6-11/h2-10H,1H3,(H,19,20)/t10-/m1/s1. The number of halogens is 1. The molecule has 0 spiro atoms. The van der Waals surface area contributed by atoms with Crippen molar-refractivity contribution >= 4 is 40.2 Å². The summed E-state index contributed by atoms with van der Waals surface area (Å²) >= 11 is 11.5. The van der Waals surface area contributed by atoms with E-state index >= 15 is 0 Å². The normalized spacial score (nSPS) is 17.8. The molecule has 0 aliphatic carbocycles. The van der Waals surface area contributed by atoms with Gasteiger partial charge in [0.15, 0.2) is 0 Å². The second kappa shape index (κ2) is 5.35. The lowest BCUT2D eigenvalue weighted by Crippen LogP contribution is -2.20. The van der Waals surface area contributed by atoms with Crippen molar-refractivity contribution in [1.29, 1.82) is 0 Å². The van der Waals surface area contributed by atoms with Gasteiger partial charge in [0.05, 0.1) is 11.8 Å². The summed E-state index contributed by atoms with van der Waals surface area (Å²) in [6.45, 7) is 1.99. The van der Waals surface area contributed by atoms with Crippen molar-refractivity contribution in [3.8, 4) is 0 Å². The Hall–Kier alpha value is -1.71. The quantitative estimate of drug-likeness (QED) is 0.793. The third-order valence-electron chi connectivity index (χ3n) is 3.24. The molecule has 1 N–H and O–H groups in total. The van der Waals surface area contributed by atoms with Crippen molar-refractivity contribution < 1.29 is 0 Å². The van der Waals surface area contributed by atoms with Crippen molar-refractivity contribution in [2.75, 3.05) is 5.32 Å². The number of rotatable bonds is 1. The zero-order chi connectivity index (χ0) is 14.1. The van der Waals surface area contributed by atoms with E-state index in [-0.39, 0.29) is 6.04 Å². The molecule has 0 bridgehead atoms. The van der Waals surface area contributed by atoms with Crippen LogP contribution in [0.5, 0.6) is 0 Å². The van der Waals surface area contributed by atoms with Crippen LogP contribution in [-0.2, 0) is 0 Å². The molecule has 100 valence electrons. The van der Waals surface area contributed by atoms with Gasteiger partial charge in [-0.3, -0.25) is 4.99 Å². The van der Waals surface area contributed by atoms with E-state index < -0.39 is 0 Å². The molecule has 0 radical (unpaired) electrons. The molecule has 4 heteroatoms. The van der Waals surface area contributed by atoms with E-state index in [1.807, 2.05) is 55.5 Å². The first kappa shape index (κ1) is 13.3. The summed E-state index contributed by atoms with van der Waals surface area (Å²) in [5.74, 6) is 0. The second-order valence-corrected chi connectivity index (χ2v) is 5.58. The zero-order valence-corrected chi connectivity index (χ0v) is 12.5. The summed E-state index contributed by atoms with van der Waals surface area (Å²) < 4.78 is 0. The highest BCUT2D eigenvalue weighted by atomic mass is 35.5. The van der Waals surface area contributed by atoms with Crippen LogP contribution in [0.15, 0.2) is 53.5 Å². The van der Waals surface area contributed by atoms with Crippen LogP contribution >= 0.6 is 23.8 Å². The molecule has 2 aromatic rings. The molecule has 2 aromatic carbocycles. The molecule has 0 saturated heterocycles. The highest BCUT2D eigenvalue weighted by molar-refractivity contribution is 7.80. The Kier molecular flexibility index (Phi) is 3.55. The van der Waals surface area contributed by atoms with Crippen molar-refractivity contribution in [2.24, 2.45) is 4.99 Å². The number of anilines is 1. The Morgan fingerprint density at radius 1 is 1.15 bits per heavy atom. The average molecular weight is 301 g/mol. The number of thiocarbonyl (C=S) groups is 1. The van der Waals surface area contributed by atoms with Gasteiger partial charge >= 0.3 is 0 Å². The maximum atomic E-state index is 6.14. The van der Waals surface area contributed by atoms with Gasteiger partial charge in [0, 0.05) is 21.8 Å². The van der Waals surface area contributed by atoms with Gasteiger partial charge in [0.25, 0.3) is 0 Å². The zero-order valence-electron chi connectivity index (χ0n) is 10.9. The largest absolute Gasteiger partial charge is 0.348 e. The molecule has 0 unspecified atom stereocenters. The summed E-state index contributed by atoms with van der Waals surface area (Å²) in [5, 5.41) is 3.95. The predicted molar refractivity (Wildman–Crippen MR) is 89.2 cm³/mol. The molecule has 0 aromatic heterocycles. The van der Waals surface area contributed by atoms with Crippen LogP contribution in [0.1, 0.15) is 18.1 Å². The number of nitrogens with one attached hydrogen (secondary N) is 1. The monoisotopic (exact) mass is 300 g/mol. The van der Waals surface area contributed by atoms with E-state index in [9.17, 15) is 0 Å². The first-order chi connectivity index (χ1) is 9.65. The van der Waals surface area contributed by atoms with Gasteiger partial charge in [-0.15, -0.1) is 0 Å². The van der Waals surface area contributed by atoms with Gasteiger partial charge in [0.1, 0.15) is 4.99 Å². The van der Waals surface area contributed by atoms with Gasteiger partial charge in [-0.1, -0.05) is 54.2 Å². The molecule has 1 aliphatic heterocycles. The van der Waals surface area contributed by atoms with Crippen LogP contribution in [0.2, 0.25) is 5.02 Å². The summed E-state index contributed by atoms with van der Waals surface area (Å²) in [6, 6.07) is 15.8. The maximum Gasteiger partial charge on any atom is 0.104 e. The number of hydrogen-bond acceptors (Lipinski definition) is 2. The molecule has 2 nitrogen and oxygen atoms in total. The number of aliphatic imine (C=N–C) groups is 1. The number of nitrogens with zero attached hydrogens (tertiary/aromatic N) is 1. The SMILES string of the molecule is C[C@H]1N=C(c2ccccc2)c2cc(Cl)ccc2NC1=S. The van der Waals surface area contributed by atoms with Gasteiger partial charge in [-0.2, -0.15) is 0 Å². The topological polar surface area (TPSA) is 24.4 Å². The van der Waals surface area contributed by atoms with Crippen molar-refractivity contribution in [3.05, 3.63) is 64.7 Å². The van der Waals surface area contributed by atoms with Gasteiger partial charge < -0.3 is 5.32 Å². The molecule has 1 atom stereocenters. The van der Waals surface area contributed by atoms with Gasteiger partial charge in [0.2, 0.25) is 0 Å². The van der Waals surface area contributed by atoms with E-state index in [2.05, 4.69) is 5.32 Å². The molecule has 1 aliphatic rings. The molecule has 3 rings (SSSR count). The van der Waals surface area contributed by atoms with Crippen molar-refractivity contribution in [3.63, 3.8) is 0 Å². The van der Waals surface area contributed by atoms with Crippen LogP contribution < -0.4 is 5.32 Å². The average Bonchev–Trinajstić information content (AvgIpc) is 2.58.